The van der Waals surface area contributed by atoms with Crippen molar-refractivity contribution in [2.75, 3.05) is 39.2 Å². The molecule has 1 heterocycles. The number of guanidine groups is 1. The zero-order valence-corrected chi connectivity index (χ0v) is 19.0. The SMILES string of the molecule is Cc1ccc(C(CN=C(N)Nc2ccc3c(c2)OCCCO3)N(C)C)cc1.I. The third kappa shape index (κ3) is 6.00. The van der Waals surface area contributed by atoms with Gasteiger partial charge in [-0.1, -0.05) is 29.8 Å². The van der Waals surface area contributed by atoms with Crippen LogP contribution in [0.5, 0.6) is 11.5 Å². The molecule has 0 spiro atoms. The zero-order valence-electron chi connectivity index (χ0n) is 16.6. The van der Waals surface area contributed by atoms with E-state index in [4.69, 9.17) is 15.2 Å². The second kappa shape index (κ2) is 10.5. The normalized spacial score (nSPS) is 14.8. The lowest BCUT2D eigenvalue weighted by Crippen LogP contribution is -2.27. The molecule has 0 amide bonds. The van der Waals surface area contributed by atoms with Gasteiger partial charge in [-0.25, -0.2) is 0 Å². The molecular formula is C21H29IN4O2. The van der Waals surface area contributed by atoms with Gasteiger partial charge in [-0.15, -0.1) is 24.0 Å². The van der Waals surface area contributed by atoms with Gasteiger partial charge >= 0.3 is 0 Å². The highest BCUT2D eigenvalue weighted by molar-refractivity contribution is 14.0. The van der Waals surface area contributed by atoms with Crippen LogP contribution in [0.4, 0.5) is 5.69 Å². The fraction of sp³-hybridized carbons (Fsp3) is 0.381. The number of halogens is 1. The van der Waals surface area contributed by atoms with Gasteiger partial charge in [-0.2, -0.15) is 0 Å². The Morgan fingerprint density at radius 2 is 1.79 bits per heavy atom. The average molecular weight is 496 g/mol. The van der Waals surface area contributed by atoms with Crippen molar-refractivity contribution < 1.29 is 9.47 Å². The van der Waals surface area contributed by atoms with Crippen molar-refractivity contribution in [3.05, 3.63) is 53.6 Å². The number of aryl methyl sites for hydroxylation is 1. The summed E-state index contributed by atoms with van der Waals surface area (Å²) in [5.74, 6) is 1.88. The van der Waals surface area contributed by atoms with Crippen LogP contribution >= 0.6 is 24.0 Å². The fourth-order valence-corrected chi connectivity index (χ4v) is 2.97. The second-order valence-electron chi connectivity index (χ2n) is 6.95. The summed E-state index contributed by atoms with van der Waals surface area (Å²) in [6.45, 7) is 3.98. The smallest absolute Gasteiger partial charge is 0.193 e. The van der Waals surface area contributed by atoms with E-state index in [9.17, 15) is 0 Å². The summed E-state index contributed by atoms with van der Waals surface area (Å²) in [5.41, 5.74) is 9.41. The van der Waals surface area contributed by atoms with E-state index in [1.54, 1.807) is 0 Å². The van der Waals surface area contributed by atoms with E-state index in [1.165, 1.54) is 11.1 Å². The van der Waals surface area contributed by atoms with E-state index in [-0.39, 0.29) is 30.0 Å². The summed E-state index contributed by atoms with van der Waals surface area (Å²) in [6.07, 6.45) is 0.881. The minimum atomic E-state index is 0. The van der Waals surface area contributed by atoms with Crippen molar-refractivity contribution in [1.29, 1.82) is 0 Å². The molecule has 0 aliphatic carbocycles. The number of benzene rings is 2. The Bertz CT molecular complexity index is 793. The Balaban J connectivity index is 0.00000280. The minimum Gasteiger partial charge on any atom is -0.490 e. The van der Waals surface area contributed by atoms with Gasteiger partial charge in [0.2, 0.25) is 0 Å². The third-order valence-electron chi connectivity index (χ3n) is 4.54. The quantitative estimate of drug-likeness (QED) is 0.375. The van der Waals surface area contributed by atoms with Crippen LogP contribution in [0.2, 0.25) is 0 Å². The van der Waals surface area contributed by atoms with Gasteiger partial charge in [-0.3, -0.25) is 4.99 Å². The Morgan fingerprint density at radius 1 is 1.11 bits per heavy atom. The molecule has 6 nitrogen and oxygen atoms in total. The van der Waals surface area contributed by atoms with Crippen LogP contribution in [0.25, 0.3) is 0 Å². The van der Waals surface area contributed by atoms with Crippen LogP contribution in [0.15, 0.2) is 47.5 Å². The molecule has 0 aromatic heterocycles. The number of likely N-dealkylation sites (N-methyl/N-ethyl adjacent to an activating group) is 1. The summed E-state index contributed by atoms with van der Waals surface area (Å²) in [4.78, 5) is 6.69. The molecule has 28 heavy (non-hydrogen) atoms. The summed E-state index contributed by atoms with van der Waals surface area (Å²) in [7, 11) is 4.10. The Kier molecular flexibility index (Phi) is 8.37. The van der Waals surface area contributed by atoms with Crippen molar-refractivity contribution >= 4 is 35.6 Å². The Labute approximate surface area is 184 Å². The van der Waals surface area contributed by atoms with Crippen LogP contribution in [-0.4, -0.2) is 44.7 Å². The Hall–Kier alpha value is -2.00. The number of ether oxygens (including phenoxy) is 2. The molecule has 152 valence electrons. The van der Waals surface area contributed by atoms with Gasteiger partial charge in [0.05, 0.1) is 25.8 Å². The van der Waals surface area contributed by atoms with Gasteiger partial charge in [0.15, 0.2) is 17.5 Å². The monoisotopic (exact) mass is 496 g/mol. The van der Waals surface area contributed by atoms with E-state index in [0.717, 1.165) is 23.6 Å². The predicted molar refractivity (Wildman–Crippen MR) is 125 cm³/mol. The maximum atomic E-state index is 6.11. The van der Waals surface area contributed by atoms with Crippen LogP contribution in [-0.2, 0) is 0 Å². The van der Waals surface area contributed by atoms with Crippen LogP contribution in [0.1, 0.15) is 23.6 Å². The molecule has 3 N–H and O–H groups in total. The lowest BCUT2D eigenvalue weighted by Gasteiger charge is -2.23. The maximum Gasteiger partial charge on any atom is 0.193 e. The first-order valence-electron chi connectivity index (χ1n) is 9.22. The number of nitrogens with one attached hydrogen (secondary N) is 1. The molecule has 2 aromatic carbocycles. The van der Waals surface area contributed by atoms with Gasteiger partial charge in [0, 0.05) is 18.2 Å². The molecule has 0 bridgehead atoms. The molecule has 0 fully saturated rings. The standard InChI is InChI=1S/C21H28N4O2.HI/c1-15-5-7-16(8-6-15)18(25(2)3)14-23-21(22)24-17-9-10-19-20(13-17)27-12-4-11-26-19;/h5-10,13,18H,4,11-12,14H2,1-3H3,(H3,22,23,24);1H. The van der Waals surface area contributed by atoms with Gasteiger partial charge in [-0.05, 0) is 38.7 Å². The predicted octanol–water partition coefficient (Wildman–Crippen LogP) is 3.80. The van der Waals surface area contributed by atoms with Gasteiger partial charge in [0.1, 0.15) is 0 Å². The number of nitrogens with zero attached hydrogens (tertiary/aromatic N) is 2. The minimum absolute atomic E-state index is 0. The molecule has 0 radical (unpaired) electrons. The molecule has 2 aromatic rings. The van der Waals surface area contributed by atoms with E-state index < -0.39 is 0 Å². The fourth-order valence-electron chi connectivity index (χ4n) is 2.97. The first kappa shape index (κ1) is 22.3. The first-order valence-corrected chi connectivity index (χ1v) is 9.22. The summed E-state index contributed by atoms with van der Waals surface area (Å²) in [6, 6.07) is 14.4. The van der Waals surface area contributed by atoms with Gasteiger partial charge in [0.25, 0.3) is 0 Å². The van der Waals surface area contributed by atoms with E-state index in [1.807, 2.05) is 32.3 Å². The number of nitrogens with two attached hydrogens (primary N) is 1. The van der Waals surface area contributed by atoms with Crippen molar-refractivity contribution in [2.45, 2.75) is 19.4 Å². The second-order valence-corrected chi connectivity index (χ2v) is 6.95. The first-order chi connectivity index (χ1) is 13.0. The number of hydrogen-bond donors (Lipinski definition) is 2. The molecule has 1 aliphatic rings. The topological polar surface area (TPSA) is 72.1 Å². The van der Waals surface area contributed by atoms with Crippen molar-refractivity contribution in [1.82, 2.24) is 4.90 Å². The highest BCUT2D eigenvalue weighted by Crippen LogP contribution is 2.32. The van der Waals surface area contributed by atoms with Crippen molar-refractivity contribution in [3.8, 4) is 11.5 Å². The van der Waals surface area contributed by atoms with Crippen LogP contribution in [0.3, 0.4) is 0 Å². The van der Waals surface area contributed by atoms with Crippen LogP contribution in [0, 0.1) is 6.92 Å². The molecule has 1 aliphatic heterocycles. The molecular weight excluding hydrogens is 467 g/mol. The molecule has 1 atom stereocenters. The zero-order chi connectivity index (χ0) is 19.2. The lowest BCUT2D eigenvalue weighted by molar-refractivity contribution is 0.297. The van der Waals surface area contributed by atoms with E-state index in [0.29, 0.717) is 25.7 Å². The largest absolute Gasteiger partial charge is 0.490 e. The number of fused-ring (bicyclic) bond motifs is 1. The van der Waals surface area contributed by atoms with Gasteiger partial charge < -0.3 is 25.4 Å². The number of anilines is 1. The summed E-state index contributed by atoms with van der Waals surface area (Å²) >= 11 is 0. The molecule has 1 unspecified atom stereocenters. The molecule has 3 rings (SSSR count). The number of rotatable bonds is 5. The summed E-state index contributed by atoms with van der Waals surface area (Å²) < 4.78 is 11.4. The highest BCUT2D eigenvalue weighted by atomic mass is 127. The average Bonchev–Trinajstić information content (AvgIpc) is 2.88. The van der Waals surface area contributed by atoms with E-state index >= 15 is 0 Å². The van der Waals surface area contributed by atoms with E-state index in [2.05, 4.69) is 46.4 Å². The molecule has 0 saturated heterocycles. The maximum absolute atomic E-state index is 6.11. The Morgan fingerprint density at radius 3 is 2.46 bits per heavy atom. The number of aliphatic imine (C=N–C) groups is 1. The highest BCUT2D eigenvalue weighted by Gasteiger charge is 2.14. The van der Waals surface area contributed by atoms with Crippen molar-refractivity contribution in [3.63, 3.8) is 0 Å². The third-order valence-corrected chi connectivity index (χ3v) is 4.54. The molecule has 7 heteroatoms. The van der Waals surface area contributed by atoms with Crippen molar-refractivity contribution in [2.24, 2.45) is 10.7 Å². The van der Waals surface area contributed by atoms with Crippen LogP contribution < -0.4 is 20.5 Å². The molecule has 0 saturated carbocycles. The lowest BCUT2D eigenvalue weighted by atomic mass is 10.0. The summed E-state index contributed by atoms with van der Waals surface area (Å²) in [5, 5.41) is 3.14. The number of hydrogen-bond acceptors (Lipinski definition) is 4.